The van der Waals surface area contributed by atoms with Crippen molar-refractivity contribution in [3.63, 3.8) is 0 Å². The minimum atomic E-state index is 0.256. The molecule has 0 spiro atoms. The van der Waals surface area contributed by atoms with Gasteiger partial charge in [0.1, 0.15) is 5.75 Å². The highest BCUT2D eigenvalue weighted by molar-refractivity contribution is 6.32. The van der Waals surface area contributed by atoms with Gasteiger partial charge in [0.05, 0.1) is 0 Å². The lowest BCUT2D eigenvalue weighted by molar-refractivity contribution is 0.389. The van der Waals surface area contributed by atoms with Gasteiger partial charge in [-0.3, -0.25) is 0 Å². The van der Waals surface area contributed by atoms with Crippen molar-refractivity contribution in [2.24, 2.45) is 0 Å². The first-order valence-electron chi connectivity index (χ1n) is 5.83. The van der Waals surface area contributed by atoms with Gasteiger partial charge in [-0.05, 0) is 50.4 Å². The lowest BCUT2D eigenvalue weighted by Crippen LogP contribution is -2.27. The lowest BCUT2D eigenvalue weighted by Gasteiger charge is -2.26. The number of phenolic OH excluding ortho intramolecular Hbond substituents is 1. The Labute approximate surface area is 102 Å². The minimum Gasteiger partial charge on any atom is -0.508 e. The van der Waals surface area contributed by atoms with Gasteiger partial charge in [0.2, 0.25) is 0 Å². The van der Waals surface area contributed by atoms with Crippen molar-refractivity contribution >= 4 is 11.6 Å². The fourth-order valence-electron chi connectivity index (χ4n) is 2.49. The van der Waals surface area contributed by atoms with Crippen molar-refractivity contribution in [3.05, 3.63) is 27.8 Å². The highest BCUT2D eigenvalue weighted by Crippen LogP contribution is 2.37. The summed E-state index contributed by atoms with van der Waals surface area (Å²) in [5.41, 5.74) is 2.94. The zero-order chi connectivity index (χ0) is 11.7. The van der Waals surface area contributed by atoms with E-state index in [1.54, 1.807) is 6.07 Å². The number of hydrogen-bond donors (Lipinski definition) is 2. The summed E-state index contributed by atoms with van der Waals surface area (Å²) < 4.78 is 0. The van der Waals surface area contributed by atoms with Gasteiger partial charge in [0, 0.05) is 16.6 Å². The topological polar surface area (TPSA) is 32.3 Å². The van der Waals surface area contributed by atoms with E-state index in [1.165, 1.54) is 12.8 Å². The maximum Gasteiger partial charge on any atom is 0.120 e. The first kappa shape index (κ1) is 11.7. The molecule has 1 aliphatic heterocycles. The molecule has 1 atom stereocenters. The summed E-state index contributed by atoms with van der Waals surface area (Å²) in [5, 5.41) is 14.3. The second-order valence-corrected chi connectivity index (χ2v) is 4.95. The molecule has 2 N–H and O–H groups in total. The Morgan fingerprint density at radius 1 is 1.38 bits per heavy atom. The molecule has 1 aromatic carbocycles. The van der Waals surface area contributed by atoms with E-state index in [9.17, 15) is 5.11 Å². The Kier molecular flexibility index (Phi) is 3.41. The average molecular weight is 240 g/mol. The standard InChI is InChI=1S/C13H18ClNO/c1-8-7-11(16)12(9(2)13(8)14)10-5-3-4-6-15-10/h7,10,15-16H,3-6H2,1-2H3. The summed E-state index contributed by atoms with van der Waals surface area (Å²) >= 11 is 6.24. The van der Waals surface area contributed by atoms with Gasteiger partial charge in [-0.15, -0.1) is 0 Å². The Morgan fingerprint density at radius 2 is 2.12 bits per heavy atom. The molecule has 1 fully saturated rings. The third kappa shape index (κ3) is 2.04. The second kappa shape index (κ2) is 4.64. The number of nitrogens with one attached hydrogen (secondary N) is 1. The van der Waals surface area contributed by atoms with Crippen molar-refractivity contribution in [1.82, 2.24) is 5.32 Å². The van der Waals surface area contributed by atoms with Gasteiger partial charge in [-0.25, -0.2) is 0 Å². The Morgan fingerprint density at radius 3 is 2.75 bits per heavy atom. The maximum absolute atomic E-state index is 10.1. The number of phenols is 1. The number of hydrogen-bond acceptors (Lipinski definition) is 2. The van der Waals surface area contributed by atoms with Crippen LogP contribution in [0.25, 0.3) is 0 Å². The molecule has 1 heterocycles. The normalized spacial score (nSPS) is 21.1. The third-order valence-electron chi connectivity index (χ3n) is 3.37. The van der Waals surface area contributed by atoms with Crippen LogP contribution in [0.1, 0.15) is 42.0 Å². The van der Waals surface area contributed by atoms with Crippen molar-refractivity contribution < 1.29 is 5.11 Å². The molecule has 2 rings (SSSR count). The molecule has 1 saturated heterocycles. The SMILES string of the molecule is Cc1cc(O)c(C2CCCCN2)c(C)c1Cl. The first-order chi connectivity index (χ1) is 7.61. The highest BCUT2D eigenvalue weighted by atomic mass is 35.5. The molecule has 0 radical (unpaired) electrons. The molecule has 2 nitrogen and oxygen atoms in total. The van der Waals surface area contributed by atoms with Gasteiger partial charge in [-0.1, -0.05) is 18.0 Å². The van der Waals surface area contributed by atoms with Gasteiger partial charge in [0.25, 0.3) is 0 Å². The van der Waals surface area contributed by atoms with E-state index in [-0.39, 0.29) is 6.04 Å². The van der Waals surface area contributed by atoms with E-state index >= 15 is 0 Å². The average Bonchev–Trinajstić information content (AvgIpc) is 2.28. The largest absolute Gasteiger partial charge is 0.508 e. The minimum absolute atomic E-state index is 0.256. The number of rotatable bonds is 1. The number of piperidine rings is 1. The Hall–Kier alpha value is -0.730. The predicted octanol–water partition coefficient (Wildman–Crippen LogP) is 3.48. The third-order valence-corrected chi connectivity index (χ3v) is 3.95. The fraction of sp³-hybridized carbons (Fsp3) is 0.538. The first-order valence-corrected chi connectivity index (χ1v) is 6.21. The van der Waals surface area contributed by atoms with Crippen LogP contribution in [-0.2, 0) is 0 Å². The van der Waals surface area contributed by atoms with Crippen LogP contribution in [0.15, 0.2) is 6.07 Å². The van der Waals surface area contributed by atoms with Gasteiger partial charge < -0.3 is 10.4 Å². The summed E-state index contributed by atoms with van der Waals surface area (Å²) in [6.45, 7) is 4.93. The summed E-state index contributed by atoms with van der Waals surface area (Å²) in [7, 11) is 0. The van der Waals surface area contributed by atoms with Crippen molar-refractivity contribution in [2.45, 2.75) is 39.2 Å². The lowest BCUT2D eigenvalue weighted by atomic mass is 9.92. The molecule has 1 aromatic rings. The Bertz CT molecular complexity index is 397. The molecule has 88 valence electrons. The van der Waals surface area contributed by atoms with E-state index in [2.05, 4.69) is 5.32 Å². The molecule has 3 heteroatoms. The van der Waals surface area contributed by atoms with Crippen molar-refractivity contribution in [2.75, 3.05) is 6.54 Å². The van der Waals surface area contributed by atoms with E-state index in [4.69, 9.17) is 11.6 Å². The summed E-state index contributed by atoms with van der Waals surface area (Å²) in [4.78, 5) is 0. The number of benzene rings is 1. The molecule has 1 unspecified atom stereocenters. The van der Waals surface area contributed by atoms with E-state index in [1.807, 2.05) is 13.8 Å². The smallest absolute Gasteiger partial charge is 0.120 e. The van der Waals surface area contributed by atoms with E-state index in [0.29, 0.717) is 5.75 Å². The van der Waals surface area contributed by atoms with Crippen LogP contribution in [-0.4, -0.2) is 11.7 Å². The van der Waals surface area contributed by atoms with Crippen LogP contribution in [0.4, 0.5) is 0 Å². The molecule has 1 aliphatic rings. The molecular weight excluding hydrogens is 222 g/mol. The van der Waals surface area contributed by atoms with E-state index in [0.717, 1.165) is 34.7 Å². The van der Waals surface area contributed by atoms with Crippen LogP contribution in [0.3, 0.4) is 0 Å². The van der Waals surface area contributed by atoms with Crippen LogP contribution in [0.2, 0.25) is 5.02 Å². The number of halogens is 1. The zero-order valence-corrected chi connectivity index (χ0v) is 10.6. The molecule has 0 aromatic heterocycles. The molecule has 16 heavy (non-hydrogen) atoms. The van der Waals surface area contributed by atoms with Crippen molar-refractivity contribution in [1.29, 1.82) is 0 Å². The fourth-order valence-corrected chi connectivity index (χ4v) is 2.65. The van der Waals surface area contributed by atoms with Crippen LogP contribution >= 0.6 is 11.6 Å². The quantitative estimate of drug-likeness (QED) is 0.787. The monoisotopic (exact) mass is 239 g/mol. The summed E-state index contributed by atoms with van der Waals surface area (Å²) in [6.07, 6.45) is 3.51. The molecule has 0 bridgehead atoms. The van der Waals surface area contributed by atoms with Crippen LogP contribution in [0.5, 0.6) is 5.75 Å². The highest BCUT2D eigenvalue weighted by Gasteiger charge is 2.21. The molecule has 0 saturated carbocycles. The van der Waals surface area contributed by atoms with Crippen molar-refractivity contribution in [3.8, 4) is 5.75 Å². The van der Waals surface area contributed by atoms with Crippen LogP contribution in [0, 0.1) is 13.8 Å². The molecular formula is C13H18ClNO. The second-order valence-electron chi connectivity index (χ2n) is 4.57. The summed E-state index contributed by atoms with van der Waals surface area (Å²) in [5.74, 6) is 0.374. The van der Waals surface area contributed by atoms with Gasteiger partial charge >= 0.3 is 0 Å². The molecule has 0 aliphatic carbocycles. The maximum atomic E-state index is 10.1. The predicted molar refractivity (Wildman–Crippen MR) is 67.2 cm³/mol. The Balaban J connectivity index is 2.42. The van der Waals surface area contributed by atoms with Gasteiger partial charge in [0.15, 0.2) is 0 Å². The van der Waals surface area contributed by atoms with E-state index < -0.39 is 0 Å². The number of aryl methyl sites for hydroxylation is 1. The van der Waals surface area contributed by atoms with Crippen LogP contribution < -0.4 is 5.32 Å². The summed E-state index contributed by atoms with van der Waals surface area (Å²) in [6, 6.07) is 2.02. The zero-order valence-electron chi connectivity index (χ0n) is 9.81. The number of aromatic hydroxyl groups is 1. The molecule has 0 amide bonds. The van der Waals surface area contributed by atoms with Gasteiger partial charge in [-0.2, -0.15) is 0 Å².